The third-order valence-electron chi connectivity index (χ3n) is 6.38. The first kappa shape index (κ1) is 24.5. The molecule has 1 amide bonds. The van der Waals surface area contributed by atoms with E-state index in [9.17, 15) is 4.79 Å². The van der Waals surface area contributed by atoms with Gasteiger partial charge in [0, 0.05) is 6.54 Å². The number of para-hydroxylation sites is 1. The summed E-state index contributed by atoms with van der Waals surface area (Å²) in [7, 11) is 3.25. The molecule has 35 heavy (non-hydrogen) atoms. The van der Waals surface area contributed by atoms with Gasteiger partial charge in [-0.2, -0.15) is 0 Å². The normalized spacial score (nSPS) is 14.9. The summed E-state index contributed by atoms with van der Waals surface area (Å²) in [5.41, 5.74) is 3.38. The molecule has 0 fully saturated rings. The van der Waals surface area contributed by atoms with Crippen LogP contribution in [0.25, 0.3) is 0 Å². The Labute approximate surface area is 207 Å². The second-order valence-electron chi connectivity index (χ2n) is 8.90. The first-order valence-electron chi connectivity index (χ1n) is 11.9. The minimum Gasteiger partial charge on any atom is -0.493 e. The summed E-state index contributed by atoms with van der Waals surface area (Å²) >= 11 is 0. The monoisotopic (exact) mass is 475 g/mol. The van der Waals surface area contributed by atoms with Gasteiger partial charge in [-0.1, -0.05) is 44.2 Å². The van der Waals surface area contributed by atoms with Crippen molar-refractivity contribution in [1.82, 2.24) is 4.90 Å². The summed E-state index contributed by atoms with van der Waals surface area (Å²) in [6.07, 6.45) is 0.715. The van der Waals surface area contributed by atoms with Crippen LogP contribution in [0, 0.1) is 0 Å². The number of amides is 1. The number of rotatable bonds is 9. The van der Waals surface area contributed by atoms with Crippen LogP contribution in [0.3, 0.4) is 0 Å². The highest BCUT2D eigenvalue weighted by molar-refractivity contribution is 5.79. The molecule has 3 aromatic rings. The quantitative estimate of drug-likeness (QED) is 0.414. The van der Waals surface area contributed by atoms with E-state index in [1.807, 2.05) is 59.5 Å². The summed E-state index contributed by atoms with van der Waals surface area (Å²) in [5, 5.41) is 0. The Morgan fingerprint density at radius 3 is 2.23 bits per heavy atom. The Kier molecular flexibility index (Phi) is 7.80. The average molecular weight is 476 g/mol. The molecular weight excluding hydrogens is 442 g/mol. The van der Waals surface area contributed by atoms with Crippen molar-refractivity contribution in [3.8, 4) is 23.0 Å². The molecule has 0 spiro atoms. The molecule has 0 saturated heterocycles. The summed E-state index contributed by atoms with van der Waals surface area (Å²) < 4.78 is 23.0. The lowest BCUT2D eigenvalue weighted by atomic mass is 9.92. The highest BCUT2D eigenvalue weighted by Crippen LogP contribution is 2.38. The predicted octanol–water partition coefficient (Wildman–Crippen LogP) is 5.41. The number of carbonyl (C=O) groups is 1. The second-order valence-corrected chi connectivity index (χ2v) is 8.90. The Balaban J connectivity index is 1.58. The van der Waals surface area contributed by atoms with Crippen LogP contribution in [0.1, 0.15) is 42.5 Å². The number of carbonyl (C=O) groups excluding carboxylic acids is 1. The van der Waals surface area contributed by atoms with E-state index >= 15 is 0 Å². The van der Waals surface area contributed by atoms with E-state index < -0.39 is 0 Å². The van der Waals surface area contributed by atoms with Gasteiger partial charge in [0.1, 0.15) is 18.1 Å². The number of benzene rings is 3. The van der Waals surface area contributed by atoms with E-state index in [-0.39, 0.29) is 18.6 Å². The molecule has 0 unspecified atom stereocenters. The Morgan fingerprint density at radius 1 is 0.914 bits per heavy atom. The molecule has 1 aliphatic heterocycles. The fourth-order valence-electron chi connectivity index (χ4n) is 4.38. The highest BCUT2D eigenvalue weighted by atomic mass is 16.5. The van der Waals surface area contributed by atoms with Crippen LogP contribution in [-0.4, -0.2) is 44.8 Å². The van der Waals surface area contributed by atoms with Crippen molar-refractivity contribution in [1.29, 1.82) is 0 Å². The van der Waals surface area contributed by atoms with Crippen LogP contribution in [0.15, 0.2) is 66.7 Å². The predicted molar refractivity (Wildman–Crippen MR) is 136 cm³/mol. The molecule has 184 valence electrons. The molecule has 0 N–H and O–H groups in total. The number of nitrogens with zero attached hydrogens (tertiary/aromatic N) is 1. The van der Waals surface area contributed by atoms with Crippen LogP contribution in [-0.2, 0) is 11.2 Å². The molecule has 6 nitrogen and oxygen atoms in total. The zero-order chi connectivity index (χ0) is 24.8. The molecule has 0 aromatic heterocycles. The molecule has 6 heteroatoms. The minimum absolute atomic E-state index is 0.0355. The van der Waals surface area contributed by atoms with Crippen molar-refractivity contribution in [3.63, 3.8) is 0 Å². The Hall–Kier alpha value is -3.67. The molecule has 1 aliphatic rings. The van der Waals surface area contributed by atoms with Crippen LogP contribution < -0.4 is 18.9 Å². The summed E-state index contributed by atoms with van der Waals surface area (Å²) in [4.78, 5) is 15.1. The number of ether oxygens (including phenoxy) is 4. The van der Waals surface area contributed by atoms with E-state index in [0.29, 0.717) is 42.7 Å². The van der Waals surface area contributed by atoms with Crippen molar-refractivity contribution >= 4 is 5.91 Å². The maximum atomic E-state index is 13.3. The maximum absolute atomic E-state index is 13.3. The molecule has 1 heterocycles. The first-order valence-corrected chi connectivity index (χ1v) is 11.9. The van der Waals surface area contributed by atoms with Gasteiger partial charge in [0.2, 0.25) is 0 Å². The minimum atomic E-state index is -0.282. The summed E-state index contributed by atoms with van der Waals surface area (Å²) in [6, 6.07) is 21.2. The lowest BCUT2D eigenvalue weighted by Gasteiger charge is -2.37. The zero-order valence-electron chi connectivity index (χ0n) is 20.8. The second kappa shape index (κ2) is 11.2. The van der Waals surface area contributed by atoms with E-state index in [0.717, 1.165) is 16.9 Å². The SMILES string of the molecule is COc1cc2c(cc1OC)[C@H](COc1ccc(C(C)C)cc1)N(C(=O)COc1ccccc1)CC2. The van der Waals surface area contributed by atoms with Crippen LogP contribution >= 0.6 is 0 Å². The van der Waals surface area contributed by atoms with E-state index in [2.05, 4.69) is 26.0 Å². The number of hydrogen-bond acceptors (Lipinski definition) is 5. The number of hydrogen-bond donors (Lipinski definition) is 0. The van der Waals surface area contributed by atoms with E-state index in [1.54, 1.807) is 14.2 Å². The molecule has 0 aliphatic carbocycles. The van der Waals surface area contributed by atoms with Gasteiger partial charge in [-0.15, -0.1) is 0 Å². The topological polar surface area (TPSA) is 57.2 Å². The van der Waals surface area contributed by atoms with Crippen molar-refractivity contribution < 1.29 is 23.7 Å². The first-order chi connectivity index (χ1) is 17.0. The van der Waals surface area contributed by atoms with Crippen molar-refractivity contribution in [2.75, 3.05) is 34.0 Å². The van der Waals surface area contributed by atoms with Crippen LogP contribution in [0.4, 0.5) is 0 Å². The van der Waals surface area contributed by atoms with E-state index in [4.69, 9.17) is 18.9 Å². The lowest BCUT2D eigenvalue weighted by Crippen LogP contribution is -2.44. The van der Waals surface area contributed by atoms with Gasteiger partial charge in [0.05, 0.1) is 20.3 Å². The van der Waals surface area contributed by atoms with Gasteiger partial charge in [-0.05, 0) is 65.4 Å². The average Bonchev–Trinajstić information content (AvgIpc) is 2.90. The molecule has 3 aromatic carbocycles. The molecular formula is C29H33NO5. The third kappa shape index (κ3) is 5.70. The highest BCUT2D eigenvalue weighted by Gasteiger charge is 2.33. The molecule has 0 bridgehead atoms. The van der Waals surface area contributed by atoms with Gasteiger partial charge < -0.3 is 23.8 Å². The van der Waals surface area contributed by atoms with Gasteiger partial charge in [-0.3, -0.25) is 4.79 Å². The number of methoxy groups -OCH3 is 2. The zero-order valence-corrected chi connectivity index (χ0v) is 20.8. The summed E-state index contributed by atoms with van der Waals surface area (Å²) in [5.74, 6) is 3.12. The number of fused-ring (bicyclic) bond motifs is 1. The molecule has 1 atom stereocenters. The smallest absolute Gasteiger partial charge is 0.261 e. The largest absolute Gasteiger partial charge is 0.493 e. The van der Waals surface area contributed by atoms with Gasteiger partial charge in [0.25, 0.3) is 5.91 Å². The molecule has 0 radical (unpaired) electrons. The van der Waals surface area contributed by atoms with Gasteiger partial charge in [-0.25, -0.2) is 0 Å². The van der Waals surface area contributed by atoms with Crippen LogP contribution in [0.5, 0.6) is 23.0 Å². The third-order valence-corrected chi connectivity index (χ3v) is 6.38. The molecule has 4 rings (SSSR count). The molecule has 0 saturated carbocycles. The Morgan fingerprint density at radius 2 is 1.57 bits per heavy atom. The van der Waals surface area contributed by atoms with Gasteiger partial charge in [0.15, 0.2) is 18.1 Å². The van der Waals surface area contributed by atoms with Gasteiger partial charge >= 0.3 is 0 Å². The van der Waals surface area contributed by atoms with E-state index in [1.165, 1.54) is 5.56 Å². The van der Waals surface area contributed by atoms with Crippen LogP contribution in [0.2, 0.25) is 0 Å². The van der Waals surface area contributed by atoms with Crippen molar-refractivity contribution in [2.24, 2.45) is 0 Å². The van der Waals surface area contributed by atoms with Crippen molar-refractivity contribution in [3.05, 3.63) is 83.4 Å². The Bertz CT molecular complexity index is 1130. The van der Waals surface area contributed by atoms with Crippen molar-refractivity contribution in [2.45, 2.75) is 32.2 Å². The fraction of sp³-hybridized carbons (Fsp3) is 0.345. The maximum Gasteiger partial charge on any atom is 0.261 e. The fourth-order valence-corrected chi connectivity index (χ4v) is 4.38. The summed E-state index contributed by atoms with van der Waals surface area (Å²) in [6.45, 7) is 5.18. The lowest BCUT2D eigenvalue weighted by molar-refractivity contribution is -0.137. The standard InChI is InChI=1S/C29H33NO5/c1-20(2)21-10-12-24(13-11-21)34-18-26-25-17-28(33-4)27(32-3)16-22(25)14-15-30(26)29(31)19-35-23-8-6-5-7-9-23/h5-13,16-17,20,26H,14-15,18-19H2,1-4H3/t26-/m0/s1.